The van der Waals surface area contributed by atoms with Crippen LogP contribution in [0.3, 0.4) is 0 Å². The monoisotopic (exact) mass is 283 g/mol. The van der Waals surface area contributed by atoms with E-state index in [4.69, 9.17) is 0 Å². The molecule has 0 radical (unpaired) electrons. The van der Waals surface area contributed by atoms with E-state index in [0.717, 1.165) is 12.8 Å². The van der Waals surface area contributed by atoms with Gasteiger partial charge in [-0.1, -0.05) is 40.0 Å². The van der Waals surface area contributed by atoms with Gasteiger partial charge in [0.2, 0.25) is 5.91 Å². The van der Waals surface area contributed by atoms with Crippen LogP contribution >= 0.6 is 0 Å². The van der Waals surface area contributed by atoms with Crippen LogP contribution in [-0.4, -0.2) is 23.5 Å². The Morgan fingerprint density at radius 1 is 1.25 bits per heavy atom. The molecule has 0 bridgehead atoms. The van der Waals surface area contributed by atoms with E-state index in [9.17, 15) is 14.7 Å². The highest BCUT2D eigenvalue weighted by atomic mass is 16.4. The average Bonchev–Trinajstić information content (AvgIpc) is 2.81. The summed E-state index contributed by atoms with van der Waals surface area (Å²) in [6.07, 6.45) is 5.88. The van der Waals surface area contributed by atoms with Crippen molar-refractivity contribution in [2.45, 2.75) is 59.3 Å². The molecule has 0 aromatic rings. The van der Waals surface area contributed by atoms with E-state index in [1.165, 1.54) is 12.8 Å². The van der Waals surface area contributed by atoms with Gasteiger partial charge in [0, 0.05) is 6.54 Å². The number of amides is 1. The van der Waals surface area contributed by atoms with Gasteiger partial charge in [-0.2, -0.15) is 0 Å². The second kappa shape index (κ2) is 8.28. The van der Waals surface area contributed by atoms with Crippen LogP contribution in [0.25, 0.3) is 0 Å². The molecular formula is C16H29NO3. The number of carbonyl (C=O) groups is 2. The van der Waals surface area contributed by atoms with Gasteiger partial charge < -0.3 is 10.4 Å². The highest BCUT2D eigenvalue weighted by molar-refractivity contribution is 5.85. The lowest BCUT2D eigenvalue weighted by Crippen LogP contribution is -2.37. The fourth-order valence-electron chi connectivity index (χ4n) is 3.17. The Labute approximate surface area is 122 Å². The molecule has 116 valence electrons. The number of hydrogen-bond acceptors (Lipinski definition) is 2. The zero-order valence-electron chi connectivity index (χ0n) is 13.0. The van der Waals surface area contributed by atoms with Gasteiger partial charge in [0.15, 0.2) is 0 Å². The van der Waals surface area contributed by atoms with E-state index < -0.39 is 11.9 Å². The van der Waals surface area contributed by atoms with Crippen molar-refractivity contribution in [3.8, 4) is 0 Å². The smallest absolute Gasteiger partial charge is 0.307 e. The van der Waals surface area contributed by atoms with Crippen LogP contribution in [0, 0.1) is 23.7 Å². The molecule has 1 fully saturated rings. The third-order valence-corrected chi connectivity index (χ3v) is 4.56. The summed E-state index contributed by atoms with van der Waals surface area (Å²) in [5.41, 5.74) is 0. The summed E-state index contributed by atoms with van der Waals surface area (Å²) in [5, 5.41) is 12.2. The molecule has 4 heteroatoms. The summed E-state index contributed by atoms with van der Waals surface area (Å²) < 4.78 is 0. The van der Waals surface area contributed by atoms with E-state index in [2.05, 4.69) is 19.2 Å². The summed E-state index contributed by atoms with van der Waals surface area (Å²) >= 11 is 0. The summed E-state index contributed by atoms with van der Waals surface area (Å²) in [6, 6.07) is 0. The van der Waals surface area contributed by atoms with Crippen molar-refractivity contribution in [1.82, 2.24) is 5.32 Å². The van der Waals surface area contributed by atoms with Gasteiger partial charge in [0.05, 0.1) is 11.8 Å². The van der Waals surface area contributed by atoms with Crippen molar-refractivity contribution in [1.29, 1.82) is 0 Å². The number of aliphatic carboxylic acids is 1. The SMILES string of the molecule is CCCCC(CC)CNC(=O)[C@H]1CC(C)C[C@H]1C(=O)O. The van der Waals surface area contributed by atoms with Gasteiger partial charge in [-0.15, -0.1) is 0 Å². The predicted octanol–water partition coefficient (Wildman–Crippen LogP) is 3.07. The van der Waals surface area contributed by atoms with Gasteiger partial charge in [-0.25, -0.2) is 0 Å². The first kappa shape index (κ1) is 17.0. The summed E-state index contributed by atoms with van der Waals surface area (Å²) in [4.78, 5) is 23.4. The normalized spacial score (nSPS) is 27.2. The van der Waals surface area contributed by atoms with Gasteiger partial charge in [0.1, 0.15) is 0 Å². The van der Waals surface area contributed by atoms with Crippen LogP contribution < -0.4 is 5.32 Å². The number of rotatable bonds is 8. The van der Waals surface area contributed by atoms with E-state index in [-0.39, 0.29) is 11.8 Å². The van der Waals surface area contributed by atoms with Gasteiger partial charge in [-0.3, -0.25) is 9.59 Å². The van der Waals surface area contributed by atoms with Crippen LogP contribution in [0.4, 0.5) is 0 Å². The molecule has 0 aliphatic heterocycles. The summed E-state index contributed by atoms with van der Waals surface area (Å²) in [7, 11) is 0. The molecule has 2 N–H and O–H groups in total. The number of carboxylic acid groups (broad SMARTS) is 1. The van der Waals surface area contributed by atoms with E-state index in [0.29, 0.717) is 31.2 Å². The maximum Gasteiger partial charge on any atom is 0.307 e. The average molecular weight is 283 g/mol. The molecular weight excluding hydrogens is 254 g/mol. The molecule has 0 saturated heterocycles. The first-order valence-electron chi connectivity index (χ1n) is 8.00. The van der Waals surface area contributed by atoms with Crippen molar-refractivity contribution in [2.24, 2.45) is 23.7 Å². The van der Waals surface area contributed by atoms with Crippen molar-refractivity contribution < 1.29 is 14.7 Å². The number of carboxylic acids is 1. The van der Waals surface area contributed by atoms with E-state index in [1.54, 1.807) is 0 Å². The Balaban J connectivity index is 2.46. The predicted molar refractivity (Wildman–Crippen MR) is 79.3 cm³/mol. The molecule has 20 heavy (non-hydrogen) atoms. The van der Waals surface area contributed by atoms with E-state index in [1.807, 2.05) is 6.92 Å². The largest absolute Gasteiger partial charge is 0.481 e. The Hall–Kier alpha value is -1.06. The Morgan fingerprint density at radius 2 is 1.90 bits per heavy atom. The highest BCUT2D eigenvalue weighted by Crippen LogP contribution is 2.36. The fourth-order valence-corrected chi connectivity index (χ4v) is 3.17. The minimum Gasteiger partial charge on any atom is -0.481 e. The molecule has 1 rings (SSSR count). The van der Waals surface area contributed by atoms with Crippen LogP contribution in [0.15, 0.2) is 0 Å². The quantitative estimate of drug-likeness (QED) is 0.719. The third-order valence-electron chi connectivity index (χ3n) is 4.56. The van der Waals surface area contributed by atoms with Crippen molar-refractivity contribution in [3.05, 3.63) is 0 Å². The molecule has 1 aliphatic carbocycles. The topological polar surface area (TPSA) is 66.4 Å². The molecule has 1 amide bonds. The number of carbonyl (C=O) groups excluding carboxylic acids is 1. The Morgan fingerprint density at radius 3 is 2.45 bits per heavy atom. The highest BCUT2D eigenvalue weighted by Gasteiger charge is 2.41. The first-order valence-corrected chi connectivity index (χ1v) is 8.00. The lowest BCUT2D eigenvalue weighted by Gasteiger charge is -2.19. The van der Waals surface area contributed by atoms with Crippen LogP contribution in [0.5, 0.6) is 0 Å². The number of hydrogen-bond donors (Lipinski definition) is 2. The zero-order valence-corrected chi connectivity index (χ0v) is 13.0. The molecule has 0 heterocycles. The van der Waals surface area contributed by atoms with Crippen LogP contribution in [0.2, 0.25) is 0 Å². The molecule has 4 atom stereocenters. The van der Waals surface area contributed by atoms with Gasteiger partial charge in [0.25, 0.3) is 0 Å². The molecule has 4 nitrogen and oxygen atoms in total. The lowest BCUT2D eigenvalue weighted by atomic mass is 9.94. The minimum absolute atomic E-state index is 0.0586. The van der Waals surface area contributed by atoms with Gasteiger partial charge in [-0.05, 0) is 31.1 Å². The van der Waals surface area contributed by atoms with Crippen molar-refractivity contribution in [3.63, 3.8) is 0 Å². The second-order valence-electron chi connectivity index (χ2n) is 6.29. The zero-order chi connectivity index (χ0) is 15.1. The lowest BCUT2D eigenvalue weighted by molar-refractivity contribution is -0.146. The molecule has 2 unspecified atom stereocenters. The van der Waals surface area contributed by atoms with E-state index >= 15 is 0 Å². The maximum atomic E-state index is 12.2. The molecule has 0 aromatic heterocycles. The minimum atomic E-state index is -0.826. The fraction of sp³-hybridized carbons (Fsp3) is 0.875. The third kappa shape index (κ3) is 4.80. The van der Waals surface area contributed by atoms with Crippen LogP contribution in [0.1, 0.15) is 59.3 Å². The standard InChI is InChI=1S/C16H29NO3/c1-4-6-7-12(5-2)10-17-15(18)13-8-11(3)9-14(13)16(19)20/h11-14H,4-10H2,1-3H3,(H,17,18)(H,19,20)/t11?,12?,13-,14+/m0/s1. The first-order chi connectivity index (χ1) is 9.49. The molecule has 0 aromatic carbocycles. The van der Waals surface area contributed by atoms with Gasteiger partial charge >= 0.3 is 5.97 Å². The van der Waals surface area contributed by atoms with Crippen molar-refractivity contribution >= 4 is 11.9 Å². The second-order valence-corrected chi connectivity index (χ2v) is 6.29. The molecule has 0 spiro atoms. The van der Waals surface area contributed by atoms with Crippen molar-refractivity contribution in [2.75, 3.05) is 6.54 Å². The van der Waals surface area contributed by atoms with Crippen LogP contribution in [-0.2, 0) is 9.59 Å². The molecule has 1 saturated carbocycles. The number of unbranched alkanes of at least 4 members (excludes halogenated alkanes) is 1. The Bertz CT molecular complexity index is 330. The maximum absolute atomic E-state index is 12.2. The number of nitrogens with one attached hydrogen (secondary N) is 1. The Kier molecular flexibility index (Phi) is 7.03. The molecule has 1 aliphatic rings. The summed E-state index contributed by atoms with van der Waals surface area (Å²) in [6.45, 7) is 7.03. The summed E-state index contributed by atoms with van der Waals surface area (Å²) in [5.74, 6) is -0.883.